The summed E-state index contributed by atoms with van der Waals surface area (Å²) in [6, 6.07) is 2.12. The summed E-state index contributed by atoms with van der Waals surface area (Å²) in [5, 5.41) is 18.2. The van der Waals surface area contributed by atoms with E-state index in [1.165, 1.54) is 0 Å². The van der Waals surface area contributed by atoms with Crippen molar-refractivity contribution in [1.82, 2.24) is 0 Å². The molecule has 1 unspecified atom stereocenters. The summed E-state index contributed by atoms with van der Waals surface area (Å²) in [7, 11) is 0. The summed E-state index contributed by atoms with van der Waals surface area (Å²) in [5.41, 5.74) is -0.862. The van der Waals surface area contributed by atoms with Crippen LogP contribution in [0.2, 0.25) is 0 Å². The first kappa shape index (κ1) is 10.4. The monoisotopic (exact) mass is 155 g/mol. The van der Waals surface area contributed by atoms with Gasteiger partial charge >= 0.3 is 0 Å². The molecular weight excluding hydrogens is 138 g/mol. The predicted molar refractivity (Wildman–Crippen MR) is 44.9 cm³/mol. The Morgan fingerprint density at radius 1 is 1.45 bits per heavy atom. The van der Waals surface area contributed by atoms with E-state index in [9.17, 15) is 5.11 Å². The molecule has 0 aromatic rings. The lowest BCUT2D eigenvalue weighted by Gasteiger charge is -2.24. The first-order chi connectivity index (χ1) is 4.88. The van der Waals surface area contributed by atoms with Gasteiger partial charge in [-0.1, -0.05) is 13.8 Å². The molecule has 0 aliphatic rings. The van der Waals surface area contributed by atoms with E-state index in [1.54, 1.807) is 13.8 Å². The Balaban J connectivity index is 4.11. The number of hydrogen-bond acceptors (Lipinski definition) is 2. The second kappa shape index (κ2) is 3.73. The van der Waals surface area contributed by atoms with Crippen molar-refractivity contribution in [3.63, 3.8) is 0 Å². The van der Waals surface area contributed by atoms with Gasteiger partial charge < -0.3 is 5.11 Å². The van der Waals surface area contributed by atoms with E-state index >= 15 is 0 Å². The third kappa shape index (κ3) is 4.00. The molecule has 0 aliphatic carbocycles. The first-order valence-corrected chi connectivity index (χ1v) is 4.00. The molecule has 0 radical (unpaired) electrons. The molecule has 0 saturated carbocycles. The van der Waals surface area contributed by atoms with Crippen LogP contribution >= 0.6 is 0 Å². The van der Waals surface area contributed by atoms with Crippen LogP contribution in [0.3, 0.4) is 0 Å². The quantitative estimate of drug-likeness (QED) is 0.677. The Kier molecular flexibility index (Phi) is 3.54. The summed E-state index contributed by atoms with van der Waals surface area (Å²) in [6.07, 6.45) is 0.764. The van der Waals surface area contributed by atoms with Gasteiger partial charge in [0.25, 0.3) is 0 Å². The standard InChI is InChI=1S/C9H17NO/c1-7(2)5-8(6-10)9(3,4)11/h7-8,11H,5H2,1-4H3. The van der Waals surface area contributed by atoms with Gasteiger partial charge in [0.15, 0.2) is 0 Å². The Morgan fingerprint density at radius 3 is 2.00 bits per heavy atom. The van der Waals surface area contributed by atoms with Gasteiger partial charge in [0.05, 0.1) is 17.6 Å². The molecule has 11 heavy (non-hydrogen) atoms. The van der Waals surface area contributed by atoms with Crippen LogP contribution in [0.4, 0.5) is 0 Å². The highest BCUT2D eigenvalue weighted by atomic mass is 16.3. The molecule has 0 aliphatic heterocycles. The summed E-state index contributed by atoms with van der Waals surface area (Å²) in [5.74, 6) is 0.216. The van der Waals surface area contributed by atoms with Crippen LogP contribution in [0.5, 0.6) is 0 Å². The van der Waals surface area contributed by atoms with E-state index in [-0.39, 0.29) is 5.92 Å². The van der Waals surface area contributed by atoms with Crippen LogP contribution in [0, 0.1) is 23.2 Å². The summed E-state index contributed by atoms with van der Waals surface area (Å²) in [6.45, 7) is 7.47. The summed E-state index contributed by atoms with van der Waals surface area (Å²) in [4.78, 5) is 0. The molecule has 0 bridgehead atoms. The van der Waals surface area contributed by atoms with Crippen molar-refractivity contribution < 1.29 is 5.11 Å². The van der Waals surface area contributed by atoms with Gasteiger partial charge in [-0.3, -0.25) is 0 Å². The Labute approximate surface area is 68.8 Å². The Bertz CT molecular complexity index is 150. The van der Waals surface area contributed by atoms with Gasteiger partial charge in [0.1, 0.15) is 0 Å². The largest absolute Gasteiger partial charge is 0.389 e. The fourth-order valence-corrected chi connectivity index (χ4v) is 0.970. The normalized spacial score (nSPS) is 14.6. The molecule has 2 heteroatoms. The van der Waals surface area contributed by atoms with Crippen LogP contribution in [0.1, 0.15) is 34.1 Å². The lowest BCUT2D eigenvalue weighted by Crippen LogP contribution is -2.30. The molecule has 0 rings (SSSR count). The van der Waals surface area contributed by atoms with Gasteiger partial charge in [-0.15, -0.1) is 0 Å². The van der Waals surface area contributed by atoms with Gasteiger partial charge in [-0.05, 0) is 26.2 Å². The maximum Gasteiger partial charge on any atom is 0.0749 e. The minimum Gasteiger partial charge on any atom is -0.389 e. The van der Waals surface area contributed by atoms with Crippen molar-refractivity contribution in [2.45, 2.75) is 39.7 Å². The first-order valence-electron chi connectivity index (χ1n) is 4.00. The molecule has 0 amide bonds. The van der Waals surface area contributed by atoms with Gasteiger partial charge in [-0.2, -0.15) is 5.26 Å². The maximum absolute atomic E-state index is 9.50. The second-order valence-electron chi connectivity index (χ2n) is 3.96. The molecule has 2 nitrogen and oxygen atoms in total. The fraction of sp³-hybridized carbons (Fsp3) is 0.889. The van der Waals surface area contributed by atoms with E-state index in [0.717, 1.165) is 6.42 Å². The molecule has 1 atom stereocenters. The van der Waals surface area contributed by atoms with Crippen molar-refractivity contribution in [3.05, 3.63) is 0 Å². The van der Waals surface area contributed by atoms with Crippen molar-refractivity contribution in [1.29, 1.82) is 5.26 Å². The molecule has 0 spiro atoms. The third-order valence-corrected chi connectivity index (χ3v) is 1.72. The zero-order valence-electron chi connectivity index (χ0n) is 7.76. The number of nitriles is 1. The lowest BCUT2D eigenvalue weighted by atomic mass is 9.85. The number of rotatable bonds is 3. The molecular formula is C9H17NO. The maximum atomic E-state index is 9.50. The molecule has 0 aromatic heterocycles. The molecule has 64 valence electrons. The third-order valence-electron chi connectivity index (χ3n) is 1.72. The summed E-state index contributed by atoms with van der Waals surface area (Å²) >= 11 is 0. The predicted octanol–water partition coefficient (Wildman–Crippen LogP) is 1.94. The molecule has 1 N–H and O–H groups in total. The van der Waals surface area contributed by atoms with Crippen LogP contribution in [-0.2, 0) is 0 Å². The van der Waals surface area contributed by atoms with E-state index in [2.05, 4.69) is 19.9 Å². The van der Waals surface area contributed by atoms with Crippen LogP contribution in [0.15, 0.2) is 0 Å². The summed E-state index contributed by atoms with van der Waals surface area (Å²) < 4.78 is 0. The number of nitrogens with zero attached hydrogens (tertiary/aromatic N) is 1. The topological polar surface area (TPSA) is 44.0 Å². The second-order valence-corrected chi connectivity index (χ2v) is 3.96. The average molecular weight is 155 g/mol. The van der Waals surface area contributed by atoms with E-state index < -0.39 is 5.60 Å². The number of aliphatic hydroxyl groups is 1. The Morgan fingerprint density at radius 2 is 1.91 bits per heavy atom. The zero-order chi connectivity index (χ0) is 9.07. The Hall–Kier alpha value is -0.550. The van der Waals surface area contributed by atoms with E-state index in [0.29, 0.717) is 5.92 Å². The lowest BCUT2D eigenvalue weighted by molar-refractivity contribution is 0.0321. The highest BCUT2D eigenvalue weighted by Crippen LogP contribution is 2.22. The van der Waals surface area contributed by atoms with Crippen LogP contribution < -0.4 is 0 Å². The van der Waals surface area contributed by atoms with Crippen molar-refractivity contribution in [2.75, 3.05) is 0 Å². The molecule has 0 aromatic carbocycles. The molecule has 0 fully saturated rings. The van der Waals surface area contributed by atoms with Gasteiger partial charge in [0, 0.05) is 0 Å². The molecule has 0 heterocycles. The van der Waals surface area contributed by atoms with E-state index in [4.69, 9.17) is 5.26 Å². The highest BCUT2D eigenvalue weighted by molar-refractivity contribution is 4.93. The fourth-order valence-electron chi connectivity index (χ4n) is 0.970. The molecule has 0 saturated heterocycles. The minimum absolute atomic E-state index is 0.248. The van der Waals surface area contributed by atoms with Gasteiger partial charge in [0.2, 0.25) is 0 Å². The van der Waals surface area contributed by atoms with Gasteiger partial charge in [-0.25, -0.2) is 0 Å². The zero-order valence-corrected chi connectivity index (χ0v) is 7.76. The van der Waals surface area contributed by atoms with E-state index in [1.807, 2.05) is 0 Å². The highest BCUT2D eigenvalue weighted by Gasteiger charge is 2.26. The van der Waals surface area contributed by atoms with Crippen molar-refractivity contribution >= 4 is 0 Å². The smallest absolute Gasteiger partial charge is 0.0749 e. The van der Waals surface area contributed by atoms with Crippen LogP contribution in [-0.4, -0.2) is 10.7 Å². The van der Waals surface area contributed by atoms with Crippen LogP contribution in [0.25, 0.3) is 0 Å². The minimum atomic E-state index is -0.862. The number of hydrogen-bond donors (Lipinski definition) is 1. The SMILES string of the molecule is CC(C)CC(C#N)C(C)(C)O. The van der Waals surface area contributed by atoms with Crippen molar-refractivity contribution in [3.8, 4) is 6.07 Å². The van der Waals surface area contributed by atoms with Crippen molar-refractivity contribution in [2.24, 2.45) is 11.8 Å². The average Bonchev–Trinajstić information content (AvgIpc) is 1.79.